The first-order valence-electron chi connectivity index (χ1n) is 6.12. The Morgan fingerprint density at radius 1 is 1.32 bits per heavy atom. The van der Waals surface area contributed by atoms with Gasteiger partial charge in [0.05, 0.1) is 12.1 Å². The van der Waals surface area contributed by atoms with Gasteiger partial charge < -0.3 is 10.2 Å². The van der Waals surface area contributed by atoms with Gasteiger partial charge in [-0.1, -0.05) is 12.1 Å². The summed E-state index contributed by atoms with van der Waals surface area (Å²) in [5.41, 5.74) is 2.77. The van der Waals surface area contributed by atoms with E-state index in [1.54, 1.807) is 6.07 Å². The molecule has 1 aliphatic rings. The van der Waals surface area contributed by atoms with E-state index < -0.39 is 0 Å². The van der Waals surface area contributed by atoms with Crippen molar-refractivity contribution in [2.45, 2.75) is 13.0 Å². The lowest BCUT2D eigenvalue weighted by molar-refractivity contribution is 0.0793. The quantitative estimate of drug-likeness (QED) is 0.810. The van der Waals surface area contributed by atoms with E-state index in [9.17, 15) is 4.79 Å². The summed E-state index contributed by atoms with van der Waals surface area (Å²) in [4.78, 5) is 13.7. The summed E-state index contributed by atoms with van der Waals surface area (Å²) in [6, 6.07) is 9.46. The molecule has 1 aromatic carbocycles. The fourth-order valence-electron chi connectivity index (χ4n) is 2.27. The summed E-state index contributed by atoms with van der Waals surface area (Å²) in [7, 11) is 0. The lowest BCUT2D eigenvalue weighted by Gasteiger charge is -2.23. The van der Waals surface area contributed by atoms with Crippen LogP contribution in [0.2, 0.25) is 0 Å². The van der Waals surface area contributed by atoms with Crippen LogP contribution in [-0.2, 0) is 13.0 Å². The molecule has 0 atom stereocenters. The molecule has 1 aromatic rings. The average molecular weight is 254 g/mol. The molecule has 0 fully saturated rings. The summed E-state index contributed by atoms with van der Waals surface area (Å²) in [5, 5.41) is 20.7. The average Bonchev–Trinajstić information content (AvgIpc) is 2.46. The molecular formula is C14H14N4O. The normalized spacial score (nSPS) is 12.9. The number of nitrogens with zero attached hydrogens (tertiary/aromatic N) is 3. The third kappa shape index (κ3) is 2.73. The van der Waals surface area contributed by atoms with E-state index in [2.05, 4.69) is 5.32 Å². The first kappa shape index (κ1) is 13.1. The van der Waals surface area contributed by atoms with Gasteiger partial charge in [-0.25, -0.2) is 0 Å². The lowest BCUT2D eigenvalue weighted by atomic mass is 9.95. The number of rotatable bonds is 3. The summed E-state index contributed by atoms with van der Waals surface area (Å²) in [6.45, 7) is 1.48. The van der Waals surface area contributed by atoms with Gasteiger partial charge in [-0.15, -0.1) is 0 Å². The zero-order chi connectivity index (χ0) is 13.7. The van der Waals surface area contributed by atoms with Crippen molar-refractivity contribution in [3.05, 3.63) is 34.9 Å². The highest BCUT2D eigenvalue weighted by Crippen LogP contribution is 2.20. The lowest BCUT2D eigenvalue weighted by Crippen LogP contribution is -2.34. The largest absolute Gasteiger partial charge is 0.312 e. The van der Waals surface area contributed by atoms with Crippen molar-refractivity contribution in [3.8, 4) is 12.1 Å². The van der Waals surface area contributed by atoms with Gasteiger partial charge in [-0.3, -0.25) is 4.79 Å². The number of nitrogens with one attached hydrogen (secondary N) is 1. The van der Waals surface area contributed by atoms with Crippen LogP contribution in [0.15, 0.2) is 18.2 Å². The topological polar surface area (TPSA) is 79.9 Å². The Bertz CT molecular complexity index is 552. The summed E-state index contributed by atoms with van der Waals surface area (Å²) < 4.78 is 0. The zero-order valence-corrected chi connectivity index (χ0v) is 10.5. The molecule has 0 unspecified atom stereocenters. The molecule has 5 heteroatoms. The van der Waals surface area contributed by atoms with Gasteiger partial charge in [0, 0.05) is 12.1 Å². The van der Waals surface area contributed by atoms with E-state index in [1.807, 2.05) is 24.3 Å². The van der Waals surface area contributed by atoms with Gasteiger partial charge in [-0.2, -0.15) is 10.5 Å². The van der Waals surface area contributed by atoms with E-state index in [-0.39, 0.29) is 19.0 Å². The number of fused-ring (bicyclic) bond motifs is 1. The first-order valence-corrected chi connectivity index (χ1v) is 6.12. The minimum Gasteiger partial charge on any atom is -0.312 e. The van der Waals surface area contributed by atoms with Gasteiger partial charge in [0.25, 0.3) is 5.91 Å². The van der Waals surface area contributed by atoms with Crippen molar-refractivity contribution in [1.82, 2.24) is 10.2 Å². The van der Waals surface area contributed by atoms with E-state index in [1.165, 1.54) is 4.90 Å². The minimum absolute atomic E-state index is 0.0612. The molecule has 0 aliphatic carbocycles. The highest BCUT2D eigenvalue weighted by Gasteiger charge is 2.21. The zero-order valence-electron chi connectivity index (χ0n) is 10.5. The maximum Gasteiger partial charge on any atom is 0.255 e. The van der Waals surface area contributed by atoms with E-state index in [4.69, 9.17) is 10.5 Å². The van der Waals surface area contributed by atoms with Crippen LogP contribution in [0, 0.1) is 22.7 Å². The number of hydrogen-bond acceptors (Lipinski definition) is 4. The van der Waals surface area contributed by atoms with Crippen LogP contribution < -0.4 is 5.32 Å². The van der Waals surface area contributed by atoms with E-state index in [0.717, 1.165) is 30.6 Å². The first-order chi connectivity index (χ1) is 9.27. The third-order valence-corrected chi connectivity index (χ3v) is 3.18. The molecule has 0 saturated heterocycles. The number of hydrogen-bond donors (Lipinski definition) is 1. The Balaban J connectivity index is 2.33. The Hall–Kier alpha value is -2.37. The SMILES string of the molecule is N#CCN(CC#N)C(=O)c1cccc2c1CCNC2. The fourth-order valence-corrected chi connectivity index (χ4v) is 2.27. The molecule has 0 bridgehead atoms. The molecule has 2 rings (SSSR count). The van der Waals surface area contributed by atoms with Crippen LogP contribution in [0.5, 0.6) is 0 Å². The van der Waals surface area contributed by atoms with Crippen molar-refractivity contribution in [1.29, 1.82) is 10.5 Å². The van der Waals surface area contributed by atoms with Crippen LogP contribution >= 0.6 is 0 Å². The van der Waals surface area contributed by atoms with Crippen molar-refractivity contribution < 1.29 is 4.79 Å². The monoisotopic (exact) mass is 254 g/mol. The molecule has 1 aliphatic heterocycles. The second-order valence-corrected chi connectivity index (χ2v) is 4.35. The number of benzene rings is 1. The molecule has 0 spiro atoms. The predicted molar refractivity (Wildman–Crippen MR) is 69.0 cm³/mol. The third-order valence-electron chi connectivity index (χ3n) is 3.18. The molecule has 5 nitrogen and oxygen atoms in total. The van der Waals surface area contributed by atoms with E-state index in [0.29, 0.717) is 5.56 Å². The van der Waals surface area contributed by atoms with Gasteiger partial charge in [-0.05, 0) is 30.2 Å². The molecule has 0 radical (unpaired) electrons. The van der Waals surface area contributed by atoms with Crippen molar-refractivity contribution >= 4 is 5.91 Å². The molecule has 1 N–H and O–H groups in total. The summed E-state index contributed by atoms with van der Waals surface area (Å²) in [5.74, 6) is -0.234. The standard InChI is InChI=1S/C14H14N4O/c15-5-8-18(9-6-16)14(19)13-3-1-2-11-10-17-7-4-12(11)13/h1-3,17H,4,7-10H2. The Morgan fingerprint density at radius 3 is 2.74 bits per heavy atom. The Morgan fingerprint density at radius 2 is 2.05 bits per heavy atom. The molecule has 1 amide bonds. The minimum atomic E-state index is -0.234. The number of nitriles is 2. The number of amides is 1. The Labute approximate surface area is 112 Å². The number of carbonyl (C=O) groups excluding carboxylic acids is 1. The smallest absolute Gasteiger partial charge is 0.255 e. The molecule has 96 valence electrons. The van der Waals surface area contributed by atoms with Crippen LogP contribution in [0.3, 0.4) is 0 Å². The van der Waals surface area contributed by atoms with Crippen LogP contribution in [0.25, 0.3) is 0 Å². The maximum atomic E-state index is 12.4. The Kier molecular flexibility index (Phi) is 4.12. The van der Waals surface area contributed by atoms with Gasteiger partial charge in [0.15, 0.2) is 0 Å². The van der Waals surface area contributed by atoms with Crippen LogP contribution in [0.1, 0.15) is 21.5 Å². The molecular weight excluding hydrogens is 240 g/mol. The number of carbonyl (C=O) groups is 1. The fraction of sp³-hybridized carbons (Fsp3) is 0.357. The van der Waals surface area contributed by atoms with Crippen LogP contribution in [0.4, 0.5) is 0 Å². The highest BCUT2D eigenvalue weighted by molar-refractivity contribution is 5.96. The van der Waals surface area contributed by atoms with Crippen molar-refractivity contribution in [2.24, 2.45) is 0 Å². The maximum absolute atomic E-state index is 12.4. The van der Waals surface area contributed by atoms with Gasteiger partial charge in [0.2, 0.25) is 0 Å². The molecule has 1 heterocycles. The van der Waals surface area contributed by atoms with Gasteiger partial charge in [0.1, 0.15) is 13.1 Å². The van der Waals surface area contributed by atoms with Crippen molar-refractivity contribution in [3.63, 3.8) is 0 Å². The second-order valence-electron chi connectivity index (χ2n) is 4.35. The van der Waals surface area contributed by atoms with Gasteiger partial charge >= 0.3 is 0 Å². The summed E-state index contributed by atoms with van der Waals surface area (Å²) >= 11 is 0. The van der Waals surface area contributed by atoms with Crippen LogP contribution in [-0.4, -0.2) is 30.4 Å². The molecule has 0 aromatic heterocycles. The molecule has 0 saturated carbocycles. The predicted octanol–water partition coefficient (Wildman–Crippen LogP) is 0.822. The van der Waals surface area contributed by atoms with Crippen molar-refractivity contribution in [2.75, 3.05) is 19.6 Å². The van der Waals surface area contributed by atoms with E-state index >= 15 is 0 Å². The molecule has 19 heavy (non-hydrogen) atoms. The highest BCUT2D eigenvalue weighted by atomic mass is 16.2. The summed E-state index contributed by atoms with van der Waals surface area (Å²) in [6.07, 6.45) is 0.796. The second kappa shape index (κ2) is 5.99.